The average Bonchev–Trinajstić information content (AvgIpc) is 3.45. The lowest BCUT2D eigenvalue weighted by molar-refractivity contribution is -0.0223. The molecule has 5 heterocycles. The summed E-state index contributed by atoms with van der Waals surface area (Å²) in [6.07, 6.45) is 6.17. The molecule has 2 aliphatic rings. The normalized spacial score (nSPS) is 16.3. The molecule has 40 heavy (non-hydrogen) atoms. The van der Waals surface area contributed by atoms with Crippen LogP contribution in [0.2, 0.25) is 0 Å². The fraction of sp³-hybridized carbons (Fsp3) is 0.519. The van der Waals surface area contributed by atoms with E-state index in [-0.39, 0.29) is 23.7 Å². The van der Waals surface area contributed by atoms with E-state index < -0.39 is 5.60 Å². The zero-order valence-corrected chi connectivity index (χ0v) is 23.5. The SMILES string of the molecule is CC(C)(C)OC(=O)N1CC(Oc2cnc(-c3c(-c4nn(C(C)(C)C)c5ncnc(N)c45)noc3C3CC3)nc2)C1. The van der Waals surface area contributed by atoms with Crippen LogP contribution < -0.4 is 10.5 Å². The predicted octanol–water partition coefficient (Wildman–Crippen LogP) is 4.15. The second kappa shape index (κ2) is 9.14. The molecule has 210 valence electrons. The van der Waals surface area contributed by atoms with Gasteiger partial charge in [-0.15, -0.1) is 0 Å². The first-order chi connectivity index (χ1) is 18.9. The number of amides is 1. The molecular formula is C27H33N9O4. The number of carbonyl (C=O) groups excluding carboxylic acids is 1. The molecule has 13 nitrogen and oxygen atoms in total. The van der Waals surface area contributed by atoms with Gasteiger partial charge in [0, 0.05) is 5.92 Å². The highest BCUT2D eigenvalue weighted by molar-refractivity contribution is 6.00. The number of hydrogen-bond donors (Lipinski definition) is 1. The predicted molar refractivity (Wildman–Crippen MR) is 145 cm³/mol. The Labute approximate surface area is 231 Å². The number of nitrogen functional groups attached to an aromatic ring is 1. The summed E-state index contributed by atoms with van der Waals surface area (Å²) in [7, 11) is 0. The third-order valence-corrected chi connectivity index (χ3v) is 6.67. The van der Waals surface area contributed by atoms with Crippen molar-refractivity contribution in [3.8, 4) is 28.5 Å². The number of ether oxygens (including phenoxy) is 2. The molecule has 2 fully saturated rings. The van der Waals surface area contributed by atoms with Gasteiger partial charge in [0.1, 0.15) is 35.2 Å². The van der Waals surface area contributed by atoms with Crippen molar-refractivity contribution >= 4 is 22.9 Å². The van der Waals surface area contributed by atoms with Crippen LogP contribution in [0.15, 0.2) is 23.2 Å². The number of anilines is 1. The number of rotatable bonds is 5. The number of aromatic nitrogens is 7. The molecule has 1 aliphatic heterocycles. The van der Waals surface area contributed by atoms with E-state index in [0.717, 1.165) is 18.6 Å². The van der Waals surface area contributed by atoms with E-state index in [2.05, 4.69) is 25.1 Å². The van der Waals surface area contributed by atoms with E-state index in [9.17, 15) is 4.79 Å². The molecule has 0 aromatic carbocycles. The lowest BCUT2D eigenvalue weighted by Crippen LogP contribution is -2.57. The first kappa shape index (κ1) is 26.0. The minimum Gasteiger partial charge on any atom is -0.483 e. The van der Waals surface area contributed by atoms with Gasteiger partial charge in [0.2, 0.25) is 0 Å². The lowest BCUT2D eigenvalue weighted by Gasteiger charge is -2.39. The van der Waals surface area contributed by atoms with Gasteiger partial charge >= 0.3 is 6.09 Å². The van der Waals surface area contributed by atoms with E-state index in [1.54, 1.807) is 17.3 Å². The summed E-state index contributed by atoms with van der Waals surface area (Å²) in [6, 6.07) is 0. The van der Waals surface area contributed by atoms with Crippen LogP contribution in [-0.2, 0) is 10.3 Å². The van der Waals surface area contributed by atoms with Crippen molar-refractivity contribution in [1.29, 1.82) is 0 Å². The summed E-state index contributed by atoms with van der Waals surface area (Å²) in [4.78, 5) is 31.7. The quantitative estimate of drug-likeness (QED) is 0.382. The highest BCUT2D eigenvalue weighted by Gasteiger charge is 2.37. The Morgan fingerprint density at radius 3 is 2.35 bits per heavy atom. The van der Waals surface area contributed by atoms with Gasteiger partial charge in [-0.25, -0.2) is 29.4 Å². The van der Waals surface area contributed by atoms with Gasteiger partial charge in [0.05, 0.1) is 42.0 Å². The van der Waals surface area contributed by atoms with Gasteiger partial charge in [0.15, 0.2) is 23.0 Å². The Balaban J connectivity index is 1.29. The summed E-state index contributed by atoms with van der Waals surface area (Å²) in [5.74, 6) is 2.23. The van der Waals surface area contributed by atoms with Crippen LogP contribution in [0.25, 0.3) is 33.8 Å². The maximum Gasteiger partial charge on any atom is 0.410 e. The van der Waals surface area contributed by atoms with E-state index in [0.29, 0.717) is 58.5 Å². The second-order valence-electron chi connectivity index (χ2n) is 12.3. The van der Waals surface area contributed by atoms with Gasteiger partial charge in [-0.3, -0.25) is 0 Å². The zero-order chi connectivity index (χ0) is 28.4. The molecule has 1 saturated heterocycles. The Morgan fingerprint density at radius 1 is 1.02 bits per heavy atom. The maximum absolute atomic E-state index is 12.2. The fourth-order valence-corrected chi connectivity index (χ4v) is 4.60. The number of nitrogens with zero attached hydrogens (tertiary/aromatic N) is 8. The average molecular weight is 548 g/mol. The van der Waals surface area contributed by atoms with Crippen LogP contribution >= 0.6 is 0 Å². The molecule has 0 bridgehead atoms. The number of hydrogen-bond acceptors (Lipinski definition) is 11. The molecule has 0 atom stereocenters. The molecule has 1 amide bonds. The maximum atomic E-state index is 12.2. The molecule has 0 radical (unpaired) electrons. The van der Waals surface area contributed by atoms with Gasteiger partial charge in [0.25, 0.3) is 0 Å². The molecule has 4 aromatic rings. The first-order valence-electron chi connectivity index (χ1n) is 13.4. The summed E-state index contributed by atoms with van der Waals surface area (Å²) < 4.78 is 19.1. The lowest BCUT2D eigenvalue weighted by atomic mass is 10.1. The summed E-state index contributed by atoms with van der Waals surface area (Å²) in [6.45, 7) is 12.5. The van der Waals surface area contributed by atoms with Gasteiger partial charge in [-0.1, -0.05) is 5.16 Å². The molecule has 6 rings (SSSR count). The minimum absolute atomic E-state index is 0.161. The van der Waals surface area contributed by atoms with Gasteiger partial charge < -0.3 is 24.6 Å². The monoisotopic (exact) mass is 547 g/mol. The number of carbonyl (C=O) groups is 1. The van der Waals surface area contributed by atoms with Crippen molar-refractivity contribution in [1.82, 2.24) is 39.8 Å². The van der Waals surface area contributed by atoms with E-state index in [1.807, 2.05) is 46.2 Å². The summed E-state index contributed by atoms with van der Waals surface area (Å²) >= 11 is 0. The van der Waals surface area contributed by atoms with E-state index >= 15 is 0 Å². The molecule has 0 spiro atoms. The molecular weight excluding hydrogens is 514 g/mol. The second-order valence-corrected chi connectivity index (χ2v) is 12.3. The molecule has 2 N–H and O–H groups in total. The van der Waals surface area contributed by atoms with Crippen LogP contribution in [0, 0.1) is 0 Å². The highest BCUT2D eigenvalue weighted by Crippen LogP contribution is 2.48. The van der Waals surface area contributed by atoms with Crippen molar-refractivity contribution in [3.05, 3.63) is 24.5 Å². The largest absolute Gasteiger partial charge is 0.483 e. The first-order valence-corrected chi connectivity index (χ1v) is 13.4. The number of nitrogens with two attached hydrogens (primary N) is 1. The van der Waals surface area contributed by atoms with Crippen molar-refractivity contribution in [2.75, 3.05) is 18.8 Å². The Kier molecular flexibility index (Phi) is 5.93. The molecule has 0 unspecified atom stereocenters. The smallest absolute Gasteiger partial charge is 0.410 e. The fourth-order valence-electron chi connectivity index (χ4n) is 4.60. The topological polar surface area (TPSA) is 160 Å². The molecule has 1 aliphatic carbocycles. The third kappa shape index (κ3) is 4.80. The molecule has 13 heteroatoms. The summed E-state index contributed by atoms with van der Waals surface area (Å²) in [5, 5.41) is 9.92. The zero-order valence-electron chi connectivity index (χ0n) is 23.5. The summed E-state index contributed by atoms with van der Waals surface area (Å²) in [5.41, 5.74) is 7.73. The molecule has 4 aromatic heterocycles. The third-order valence-electron chi connectivity index (χ3n) is 6.67. The Morgan fingerprint density at radius 2 is 1.73 bits per heavy atom. The van der Waals surface area contributed by atoms with Crippen LogP contribution in [0.4, 0.5) is 10.6 Å². The highest BCUT2D eigenvalue weighted by atomic mass is 16.6. The van der Waals surface area contributed by atoms with Gasteiger partial charge in [-0.2, -0.15) is 5.10 Å². The minimum atomic E-state index is -0.539. The van der Waals surface area contributed by atoms with Crippen LogP contribution in [0.1, 0.15) is 66.1 Å². The number of fused-ring (bicyclic) bond motifs is 1. The Hall–Kier alpha value is -4.29. The van der Waals surface area contributed by atoms with Gasteiger partial charge in [-0.05, 0) is 54.4 Å². The van der Waals surface area contributed by atoms with Crippen LogP contribution in [0.5, 0.6) is 5.75 Å². The van der Waals surface area contributed by atoms with Crippen molar-refractivity contribution in [3.63, 3.8) is 0 Å². The van der Waals surface area contributed by atoms with Crippen LogP contribution in [0.3, 0.4) is 0 Å². The van der Waals surface area contributed by atoms with E-state index in [1.165, 1.54) is 6.33 Å². The van der Waals surface area contributed by atoms with Crippen molar-refractivity contribution in [2.24, 2.45) is 0 Å². The van der Waals surface area contributed by atoms with Crippen molar-refractivity contribution in [2.45, 2.75) is 77.5 Å². The Bertz CT molecular complexity index is 1570. The number of likely N-dealkylation sites (tertiary alicyclic amines) is 1. The molecule has 1 saturated carbocycles. The standard InChI is InChI=1S/C27H33N9O4/c1-26(2,3)36-24-18(22(28)31-13-32-24)19(33-36)20-17(21(40-34-20)14-7-8-14)23-29-9-15(10-30-23)38-16-11-35(12-16)25(37)39-27(4,5)6/h9-10,13-14,16H,7-8,11-12H2,1-6H3,(H2,28,31,32). The van der Waals surface area contributed by atoms with E-state index in [4.69, 9.17) is 24.8 Å². The van der Waals surface area contributed by atoms with Crippen molar-refractivity contribution < 1.29 is 18.8 Å². The van der Waals surface area contributed by atoms with Crippen LogP contribution in [-0.4, -0.2) is 70.7 Å².